The van der Waals surface area contributed by atoms with Crippen molar-refractivity contribution in [2.24, 2.45) is 0 Å². The molecule has 3 aromatic rings. The van der Waals surface area contributed by atoms with Gasteiger partial charge in [-0.1, -0.05) is 35.9 Å². The Morgan fingerprint density at radius 1 is 0.815 bits per heavy atom. The Morgan fingerprint density at radius 3 is 2.26 bits per heavy atom. The number of halogens is 1. The predicted octanol–water partition coefficient (Wildman–Crippen LogP) is 4.85. The van der Waals surface area contributed by atoms with E-state index in [0.717, 1.165) is 0 Å². The lowest BCUT2D eigenvalue weighted by molar-refractivity contribution is 0.101. The van der Waals surface area contributed by atoms with E-state index in [9.17, 15) is 9.59 Å². The first-order chi connectivity index (χ1) is 13.1. The van der Waals surface area contributed by atoms with E-state index in [1.807, 2.05) is 6.07 Å². The number of ether oxygens (including phenoxy) is 1. The molecule has 0 spiro atoms. The maximum absolute atomic E-state index is 12.6. The maximum Gasteiger partial charge on any atom is 0.255 e. The van der Waals surface area contributed by atoms with E-state index in [1.54, 1.807) is 66.7 Å². The summed E-state index contributed by atoms with van der Waals surface area (Å²) in [7, 11) is 1.51. The highest BCUT2D eigenvalue weighted by atomic mass is 35.5. The Labute approximate surface area is 161 Å². The van der Waals surface area contributed by atoms with Gasteiger partial charge in [-0.3, -0.25) is 9.59 Å². The van der Waals surface area contributed by atoms with Crippen LogP contribution in [0.5, 0.6) is 5.75 Å². The third kappa shape index (κ3) is 4.65. The van der Waals surface area contributed by atoms with Crippen molar-refractivity contribution in [2.45, 2.75) is 0 Å². The second-order valence-electron chi connectivity index (χ2n) is 5.70. The van der Waals surface area contributed by atoms with Crippen LogP contribution in [0.3, 0.4) is 0 Å². The van der Waals surface area contributed by atoms with E-state index < -0.39 is 0 Å². The number of rotatable bonds is 5. The van der Waals surface area contributed by atoms with Gasteiger partial charge < -0.3 is 15.4 Å². The van der Waals surface area contributed by atoms with Crippen molar-refractivity contribution in [1.82, 2.24) is 0 Å². The van der Waals surface area contributed by atoms with Crippen molar-refractivity contribution in [2.75, 3.05) is 17.7 Å². The molecule has 0 aliphatic rings. The first kappa shape index (κ1) is 18.5. The highest BCUT2D eigenvalue weighted by Crippen LogP contribution is 2.28. The summed E-state index contributed by atoms with van der Waals surface area (Å²) in [5.41, 5.74) is 1.92. The summed E-state index contributed by atoms with van der Waals surface area (Å²) in [5, 5.41) is 6.04. The summed E-state index contributed by atoms with van der Waals surface area (Å²) in [5.74, 6) is -0.0858. The van der Waals surface area contributed by atoms with Crippen molar-refractivity contribution in [3.8, 4) is 5.75 Å². The summed E-state index contributed by atoms with van der Waals surface area (Å²) in [6.07, 6.45) is 0. The van der Waals surface area contributed by atoms with Crippen molar-refractivity contribution in [3.05, 3.63) is 88.9 Å². The molecule has 0 heterocycles. The summed E-state index contributed by atoms with van der Waals surface area (Å²) in [6, 6.07) is 20.5. The van der Waals surface area contributed by atoms with Gasteiger partial charge in [-0.2, -0.15) is 0 Å². The zero-order valence-corrected chi connectivity index (χ0v) is 15.3. The molecule has 5 nitrogen and oxygen atoms in total. The number of carbonyl (C=O) groups excluding carboxylic acids is 2. The summed E-state index contributed by atoms with van der Waals surface area (Å²) < 4.78 is 5.23. The molecule has 0 atom stereocenters. The first-order valence-electron chi connectivity index (χ1n) is 8.18. The molecule has 0 saturated heterocycles. The second-order valence-corrected chi connectivity index (χ2v) is 6.14. The monoisotopic (exact) mass is 380 g/mol. The van der Waals surface area contributed by atoms with Crippen molar-refractivity contribution in [3.63, 3.8) is 0 Å². The fraction of sp³-hybridized carbons (Fsp3) is 0.0476. The van der Waals surface area contributed by atoms with Gasteiger partial charge in [0.15, 0.2) is 0 Å². The van der Waals surface area contributed by atoms with Crippen LogP contribution in [0, 0.1) is 0 Å². The number of carbonyl (C=O) groups is 2. The normalized spacial score (nSPS) is 10.1. The lowest BCUT2D eigenvalue weighted by Crippen LogP contribution is -2.15. The van der Waals surface area contributed by atoms with E-state index in [4.69, 9.17) is 16.3 Å². The highest BCUT2D eigenvalue weighted by Gasteiger charge is 2.12. The molecule has 0 unspecified atom stereocenters. The molecule has 6 heteroatoms. The lowest BCUT2D eigenvalue weighted by Gasteiger charge is -2.11. The third-order valence-electron chi connectivity index (χ3n) is 3.83. The predicted molar refractivity (Wildman–Crippen MR) is 107 cm³/mol. The topological polar surface area (TPSA) is 67.4 Å². The minimum atomic E-state index is -0.341. The Morgan fingerprint density at radius 2 is 1.52 bits per heavy atom. The van der Waals surface area contributed by atoms with Crippen LogP contribution in [0.15, 0.2) is 72.8 Å². The van der Waals surface area contributed by atoms with Crippen LogP contribution in [0.25, 0.3) is 0 Å². The average molecular weight is 381 g/mol. The zero-order chi connectivity index (χ0) is 19.2. The SMILES string of the molecule is COc1ccc(Cl)cc1NC(=O)c1cccc(NC(=O)c2ccccc2)c1. The smallest absolute Gasteiger partial charge is 0.255 e. The van der Waals surface area contributed by atoms with Gasteiger partial charge in [-0.05, 0) is 48.5 Å². The molecule has 0 fully saturated rings. The molecule has 3 rings (SSSR count). The number of benzene rings is 3. The van der Waals surface area contributed by atoms with Gasteiger partial charge in [-0.15, -0.1) is 0 Å². The molecule has 0 aliphatic carbocycles. The third-order valence-corrected chi connectivity index (χ3v) is 4.06. The van der Waals surface area contributed by atoms with Crippen LogP contribution < -0.4 is 15.4 Å². The Kier molecular flexibility index (Phi) is 5.74. The van der Waals surface area contributed by atoms with Crippen LogP contribution in [-0.2, 0) is 0 Å². The average Bonchev–Trinajstić information content (AvgIpc) is 2.69. The van der Waals surface area contributed by atoms with Crippen LogP contribution in [-0.4, -0.2) is 18.9 Å². The molecule has 3 aromatic carbocycles. The fourth-order valence-corrected chi connectivity index (χ4v) is 2.68. The molecule has 136 valence electrons. The van der Waals surface area contributed by atoms with Crippen molar-refractivity contribution in [1.29, 1.82) is 0 Å². The number of anilines is 2. The first-order valence-corrected chi connectivity index (χ1v) is 8.56. The number of nitrogens with one attached hydrogen (secondary N) is 2. The van der Waals surface area contributed by atoms with Gasteiger partial charge in [0.1, 0.15) is 5.75 Å². The summed E-state index contributed by atoms with van der Waals surface area (Å²) >= 11 is 5.99. The van der Waals surface area contributed by atoms with Gasteiger partial charge >= 0.3 is 0 Å². The van der Waals surface area contributed by atoms with E-state index in [1.165, 1.54) is 7.11 Å². The quantitative estimate of drug-likeness (QED) is 0.664. The van der Waals surface area contributed by atoms with Crippen molar-refractivity contribution >= 4 is 34.8 Å². The van der Waals surface area contributed by atoms with E-state index >= 15 is 0 Å². The summed E-state index contributed by atoms with van der Waals surface area (Å²) in [4.78, 5) is 24.8. The van der Waals surface area contributed by atoms with Crippen LogP contribution in [0.2, 0.25) is 5.02 Å². The lowest BCUT2D eigenvalue weighted by atomic mass is 10.1. The second kappa shape index (κ2) is 8.38. The van der Waals surface area contributed by atoms with Crippen LogP contribution >= 0.6 is 11.6 Å². The van der Waals surface area contributed by atoms with Gasteiger partial charge in [-0.25, -0.2) is 0 Å². The molecule has 2 N–H and O–H groups in total. The molecule has 27 heavy (non-hydrogen) atoms. The summed E-state index contributed by atoms with van der Waals surface area (Å²) in [6.45, 7) is 0. The van der Waals surface area contributed by atoms with E-state index in [-0.39, 0.29) is 11.8 Å². The van der Waals surface area contributed by atoms with Gasteiger partial charge in [0, 0.05) is 21.8 Å². The Balaban J connectivity index is 1.76. The number of methoxy groups -OCH3 is 1. The molecule has 2 amide bonds. The van der Waals surface area contributed by atoms with Gasteiger partial charge in [0.2, 0.25) is 0 Å². The Bertz CT molecular complexity index is 974. The fourth-order valence-electron chi connectivity index (χ4n) is 2.50. The largest absolute Gasteiger partial charge is 0.495 e. The highest BCUT2D eigenvalue weighted by molar-refractivity contribution is 6.31. The zero-order valence-electron chi connectivity index (χ0n) is 14.5. The molecule has 0 radical (unpaired) electrons. The maximum atomic E-state index is 12.6. The van der Waals surface area contributed by atoms with Crippen molar-refractivity contribution < 1.29 is 14.3 Å². The number of hydrogen-bond donors (Lipinski definition) is 2. The molecule has 0 bridgehead atoms. The number of amides is 2. The standard InChI is InChI=1S/C21H17ClN2O3/c1-27-19-11-10-16(22)13-18(19)24-21(26)15-8-5-9-17(12-15)23-20(25)14-6-3-2-4-7-14/h2-13H,1H3,(H,23,25)(H,24,26). The molecule has 0 aliphatic heterocycles. The minimum absolute atomic E-state index is 0.246. The van der Waals surface area contributed by atoms with E-state index in [2.05, 4.69) is 10.6 Å². The molecular formula is C21H17ClN2O3. The Hall–Kier alpha value is -3.31. The minimum Gasteiger partial charge on any atom is -0.495 e. The van der Waals surface area contributed by atoms with E-state index in [0.29, 0.717) is 33.3 Å². The van der Waals surface area contributed by atoms with Crippen LogP contribution in [0.1, 0.15) is 20.7 Å². The molecule has 0 saturated carbocycles. The number of hydrogen-bond acceptors (Lipinski definition) is 3. The molecular weight excluding hydrogens is 364 g/mol. The van der Waals surface area contributed by atoms with Gasteiger partial charge in [0.25, 0.3) is 11.8 Å². The molecule has 0 aromatic heterocycles. The van der Waals surface area contributed by atoms with Crippen LogP contribution in [0.4, 0.5) is 11.4 Å². The van der Waals surface area contributed by atoms with Gasteiger partial charge in [0.05, 0.1) is 12.8 Å².